The number of carboxylic acid groups (broad SMARTS) is 1. The Bertz CT molecular complexity index is 1470. The highest BCUT2D eigenvalue weighted by Crippen LogP contribution is 2.60. The second-order valence-electron chi connectivity index (χ2n) is 14.6. The predicted octanol–water partition coefficient (Wildman–Crippen LogP) is -4.25. The molecule has 10 atom stereocenters. The van der Waals surface area contributed by atoms with Gasteiger partial charge in [-0.3, -0.25) is 9.59 Å². The van der Waals surface area contributed by atoms with Crippen molar-refractivity contribution < 1.29 is 59.6 Å². The van der Waals surface area contributed by atoms with Crippen molar-refractivity contribution in [2.24, 2.45) is 51.1 Å². The van der Waals surface area contributed by atoms with Gasteiger partial charge in [0.25, 0.3) is 5.91 Å². The Hall–Kier alpha value is -3.96. The molecule has 1 unspecified atom stereocenters. The summed E-state index contributed by atoms with van der Waals surface area (Å²) in [5.74, 6) is -0.764. The van der Waals surface area contributed by atoms with Crippen LogP contribution in [0, 0.1) is 23.2 Å². The summed E-state index contributed by atoms with van der Waals surface area (Å²) in [4.78, 5) is 40.7. The van der Waals surface area contributed by atoms with Gasteiger partial charge in [-0.05, 0) is 74.7 Å². The third-order valence-electron chi connectivity index (χ3n) is 10.7. The van der Waals surface area contributed by atoms with Crippen LogP contribution >= 0.6 is 0 Å². The van der Waals surface area contributed by atoms with Gasteiger partial charge < -0.3 is 73.5 Å². The molecule has 16 N–H and O–H groups in total. The number of amides is 2. The van der Waals surface area contributed by atoms with Crippen molar-refractivity contribution in [3.8, 4) is 0 Å². The Kier molecular flexibility index (Phi) is 13.8. The van der Waals surface area contributed by atoms with Crippen LogP contribution in [0.4, 0.5) is 0 Å². The van der Waals surface area contributed by atoms with Crippen LogP contribution in [0.1, 0.15) is 69.2 Å². The second kappa shape index (κ2) is 17.5. The van der Waals surface area contributed by atoms with Crippen LogP contribution in [0.2, 0.25) is 0 Å². The maximum Gasteiger partial charge on any atom is 0.370 e. The number of rotatable bonds is 10. The van der Waals surface area contributed by atoms with E-state index in [1.165, 1.54) is 45.4 Å². The van der Waals surface area contributed by atoms with Gasteiger partial charge in [0.05, 0.1) is 25.3 Å². The Balaban J connectivity index is 0.000000184. The van der Waals surface area contributed by atoms with E-state index in [9.17, 15) is 34.8 Å². The lowest BCUT2D eigenvalue weighted by Gasteiger charge is -2.58. The number of primary amides is 1. The normalized spacial score (nSPS) is 35.5. The smallest absolute Gasteiger partial charge is 0.370 e. The number of hydrogen-bond acceptors (Lipinski definition) is 15. The molecule has 0 aromatic carbocycles. The van der Waals surface area contributed by atoms with Crippen LogP contribution in [-0.4, -0.2) is 142 Å². The predicted molar refractivity (Wildman–Crippen MR) is 183 cm³/mol. The number of carbonyl (C=O) groups is 3. The van der Waals surface area contributed by atoms with E-state index in [1.807, 2.05) is 0 Å². The number of nitrogens with two attached hydrogens (primary N) is 4. The number of carboxylic acids is 1. The fraction of sp³-hybridized carbons (Fsp3) is 0.750. The number of hydrogen-bond donors (Lipinski definition) is 12. The van der Waals surface area contributed by atoms with Crippen LogP contribution in [0.5, 0.6) is 0 Å². The molecule has 0 spiro atoms. The van der Waals surface area contributed by atoms with Gasteiger partial charge in [-0.2, -0.15) is 0 Å². The molecule has 21 heteroatoms. The van der Waals surface area contributed by atoms with Gasteiger partial charge >= 0.3 is 5.97 Å². The largest absolute Gasteiger partial charge is 0.478 e. The quantitative estimate of drug-likeness (QED) is 0.0794. The fourth-order valence-corrected chi connectivity index (χ4v) is 8.48. The number of carbonyl (C=O) groups excluding carboxylic acids is 2. The average Bonchev–Trinajstić information content (AvgIpc) is 3.68. The highest BCUT2D eigenvalue weighted by atomic mass is 16.6. The number of guanidine groups is 1. The van der Waals surface area contributed by atoms with Gasteiger partial charge in [0.1, 0.15) is 43.0 Å². The maximum atomic E-state index is 11.4. The molecule has 1 aromatic heterocycles. The summed E-state index contributed by atoms with van der Waals surface area (Å²) in [6.07, 6.45) is 2.05. The second-order valence-corrected chi connectivity index (χ2v) is 14.6. The number of aliphatic hydroxyl groups is 6. The molecule has 53 heavy (non-hydrogen) atoms. The third-order valence-corrected chi connectivity index (χ3v) is 10.7. The van der Waals surface area contributed by atoms with Crippen LogP contribution in [0.25, 0.3) is 0 Å². The van der Waals surface area contributed by atoms with Crippen LogP contribution in [0.3, 0.4) is 0 Å². The average molecular weight is 756 g/mol. The Morgan fingerprint density at radius 1 is 1.06 bits per heavy atom. The van der Waals surface area contributed by atoms with Crippen LogP contribution < -0.4 is 28.3 Å². The molecule has 6 aliphatic rings. The number of aliphatic hydroxyl groups excluding tert-OH is 6. The zero-order chi connectivity index (χ0) is 39.4. The van der Waals surface area contributed by atoms with Crippen molar-refractivity contribution in [2.75, 3.05) is 13.2 Å². The summed E-state index contributed by atoms with van der Waals surface area (Å²) in [6.45, 7) is 2.20. The summed E-state index contributed by atoms with van der Waals surface area (Å²) >= 11 is 0. The zero-order valence-corrected chi connectivity index (χ0v) is 29.6. The Morgan fingerprint density at radius 3 is 2.06 bits per heavy atom. The lowest BCUT2D eigenvalue weighted by atomic mass is 9.48. The molecule has 298 valence electrons. The van der Waals surface area contributed by atoms with Gasteiger partial charge in [0.2, 0.25) is 17.5 Å². The van der Waals surface area contributed by atoms with Crippen LogP contribution in [-0.2, 0) is 19.1 Å². The van der Waals surface area contributed by atoms with Crippen molar-refractivity contribution in [3.05, 3.63) is 24.0 Å². The van der Waals surface area contributed by atoms with E-state index in [2.05, 4.69) is 27.3 Å². The highest BCUT2D eigenvalue weighted by molar-refractivity contribution is 5.88. The van der Waals surface area contributed by atoms with Gasteiger partial charge in [-0.25, -0.2) is 19.5 Å². The molecule has 21 nitrogen and oxygen atoms in total. The lowest BCUT2D eigenvalue weighted by Crippen LogP contribution is -2.59. The van der Waals surface area contributed by atoms with E-state index in [4.69, 9.17) is 47.7 Å². The number of aliphatic carboxylic acids is 1. The van der Waals surface area contributed by atoms with Crippen molar-refractivity contribution in [2.45, 2.75) is 113 Å². The number of nitrogens with one attached hydrogen (secondary N) is 1. The van der Waals surface area contributed by atoms with E-state index >= 15 is 0 Å². The molecule has 4 aliphatic carbocycles. The highest BCUT2D eigenvalue weighted by Gasteiger charge is 2.52. The summed E-state index contributed by atoms with van der Waals surface area (Å²) in [7, 11) is 0. The molecule has 1 aromatic rings. The molecule has 1 saturated heterocycles. The summed E-state index contributed by atoms with van der Waals surface area (Å²) < 4.78 is 11.4. The van der Waals surface area contributed by atoms with Gasteiger partial charge in [-0.15, -0.1) is 5.10 Å². The standard InChI is InChI=1S/C12H20N4O7.C12H21N.C8H12N4O5/c1-4(18)15-8-5(16-12(13)14)2-7(11(21)22)23-10(8)9(20)6(19)3-17;1-8(13)12-5-9-2-10(6-12)4-11(3-9)7-12;9-6(16)7-10-2-12(11-7)8-5(15)4(14)3(1-13)17-8/h2,5-6,8-10,17,19-20H,3H2,1H3,(H,15,18)(H,21,22)(H4,13,14,16);8-11H,2-7,13H2,1H3;2-5,8,13-15H,1H2,(H2,9,16)/t5-,6+,8+,9+,10+;;3-,4-,5-,8-/m0.1/s1. The molecule has 5 fully saturated rings. The summed E-state index contributed by atoms with van der Waals surface area (Å²) in [5.41, 5.74) is 22.3. The molecule has 0 radical (unpaired) electrons. The van der Waals surface area contributed by atoms with E-state index in [0.29, 0.717) is 11.5 Å². The van der Waals surface area contributed by atoms with Crippen molar-refractivity contribution in [3.63, 3.8) is 0 Å². The molecule has 2 amide bonds. The minimum absolute atomic E-state index is 0.220. The number of ether oxygens (including phenoxy) is 2. The first-order valence-electron chi connectivity index (χ1n) is 17.4. The number of nitrogens with zero attached hydrogens (tertiary/aromatic N) is 4. The molecule has 4 saturated carbocycles. The van der Waals surface area contributed by atoms with E-state index in [1.54, 1.807) is 0 Å². The molecule has 2 aliphatic heterocycles. The monoisotopic (exact) mass is 755 g/mol. The van der Waals surface area contributed by atoms with Gasteiger partial charge in [0.15, 0.2) is 12.2 Å². The summed E-state index contributed by atoms with van der Waals surface area (Å²) in [6, 6.07) is -1.66. The van der Waals surface area contributed by atoms with E-state index in [-0.39, 0.29) is 11.8 Å². The number of aliphatic imine (C=N–C) groups is 1. The SMILES string of the molecule is CC(=O)N[C@H]1[C@H]([C@H](O)[C@H](O)CO)OC(C(=O)O)=C[C@@H]1N=C(N)N.CC(N)C12CC3CC(CC(C3)C1)C2.NC(=O)c1ncn([C@@H]2O[C@H](CO)[C@@H](O)[C@H]2O)n1. The van der Waals surface area contributed by atoms with Gasteiger partial charge in [0, 0.05) is 13.0 Å². The molecular formula is C32H53N9O12. The topological polar surface area (TPSA) is 370 Å². The zero-order valence-electron chi connectivity index (χ0n) is 29.6. The third kappa shape index (κ3) is 9.78. The molecule has 7 rings (SSSR count). The minimum Gasteiger partial charge on any atom is -0.478 e. The lowest BCUT2D eigenvalue weighted by molar-refractivity contribution is -0.145. The fourth-order valence-electron chi connectivity index (χ4n) is 8.48. The van der Waals surface area contributed by atoms with Crippen molar-refractivity contribution in [1.82, 2.24) is 20.1 Å². The van der Waals surface area contributed by atoms with Gasteiger partial charge in [-0.1, -0.05) is 0 Å². The van der Waals surface area contributed by atoms with E-state index < -0.39 is 91.7 Å². The first-order chi connectivity index (χ1) is 24.9. The van der Waals surface area contributed by atoms with Crippen molar-refractivity contribution in [1.29, 1.82) is 0 Å². The Labute approximate surface area is 305 Å². The summed E-state index contributed by atoms with van der Waals surface area (Å²) in [5, 5.41) is 71.9. The van der Waals surface area contributed by atoms with E-state index in [0.717, 1.165) is 34.8 Å². The minimum atomic E-state index is -1.70. The molecule has 3 heterocycles. The molecule has 4 bridgehead atoms. The maximum absolute atomic E-state index is 11.4. The van der Waals surface area contributed by atoms with Crippen molar-refractivity contribution >= 4 is 23.7 Å². The first kappa shape index (κ1) is 41.8. The molecular weight excluding hydrogens is 702 g/mol. The number of aromatic nitrogens is 3. The Morgan fingerprint density at radius 2 is 1.64 bits per heavy atom. The first-order valence-corrected chi connectivity index (χ1v) is 17.4. The van der Waals surface area contributed by atoms with Crippen LogP contribution in [0.15, 0.2) is 23.2 Å².